The van der Waals surface area contributed by atoms with Crippen LogP contribution in [0.5, 0.6) is 0 Å². The summed E-state index contributed by atoms with van der Waals surface area (Å²) in [6.07, 6.45) is 2.79. The summed E-state index contributed by atoms with van der Waals surface area (Å²) in [5.74, 6) is -0.336. The molecule has 0 radical (unpaired) electrons. The van der Waals surface area contributed by atoms with E-state index in [9.17, 15) is 9.50 Å². The number of hydrogen-bond donors (Lipinski definition) is 1. The number of aliphatic hydroxyl groups is 1. The van der Waals surface area contributed by atoms with E-state index in [2.05, 4.69) is 23.9 Å². The van der Waals surface area contributed by atoms with Crippen molar-refractivity contribution < 1.29 is 9.50 Å². The molecule has 4 heteroatoms. The van der Waals surface area contributed by atoms with Crippen molar-refractivity contribution in [3.63, 3.8) is 0 Å². The lowest BCUT2D eigenvalue weighted by molar-refractivity contribution is 0.0681. The molecule has 0 saturated heterocycles. The minimum atomic E-state index is -0.801. The Morgan fingerprint density at radius 1 is 1.30 bits per heavy atom. The molecule has 0 amide bonds. The van der Waals surface area contributed by atoms with E-state index in [-0.39, 0.29) is 11.4 Å². The molecule has 1 unspecified atom stereocenters. The van der Waals surface area contributed by atoms with Crippen LogP contribution in [0.3, 0.4) is 0 Å². The second kappa shape index (κ2) is 5.70. The predicted molar refractivity (Wildman–Crippen MR) is 80.6 cm³/mol. The fraction of sp³-hybridized carbons (Fsp3) is 0.625. The zero-order valence-electron chi connectivity index (χ0n) is 12.9. The van der Waals surface area contributed by atoms with Crippen molar-refractivity contribution in [1.29, 1.82) is 0 Å². The fourth-order valence-corrected chi connectivity index (χ4v) is 3.13. The van der Waals surface area contributed by atoms with E-state index in [4.69, 9.17) is 0 Å². The molecular weight excluding hydrogens is 255 g/mol. The van der Waals surface area contributed by atoms with E-state index in [1.54, 1.807) is 13.0 Å². The monoisotopic (exact) mass is 280 g/mol. The molecule has 0 bridgehead atoms. The Hall–Kier alpha value is -1.13. The third-order valence-electron chi connectivity index (χ3n) is 4.62. The van der Waals surface area contributed by atoms with Gasteiger partial charge in [0, 0.05) is 30.4 Å². The Labute approximate surface area is 121 Å². The van der Waals surface area contributed by atoms with Gasteiger partial charge in [0.05, 0.1) is 6.10 Å². The van der Waals surface area contributed by atoms with E-state index in [1.807, 2.05) is 13.1 Å². The molecule has 0 aliphatic heterocycles. The Morgan fingerprint density at radius 3 is 2.40 bits per heavy atom. The van der Waals surface area contributed by atoms with Crippen molar-refractivity contribution in [3.05, 3.63) is 29.6 Å². The summed E-state index contributed by atoms with van der Waals surface area (Å²) < 4.78 is 14.0. The van der Waals surface area contributed by atoms with Gasteiger partial charge in [-0.1, -0.05) is 6.07 Å². The van der Waals surface area contributed by atoms with Gasteiger partial charge in [0.1, 0.15) is 5.82 Å². The first-order valence-electron chi connectivity index (χ1n) is 7.22. The molecule has 1 aliphatic rings. The van der Waals surface area contributed by atoms with Gasteiger partial charge < -0.3 is 14.9 Å². The quantitative estimate of drug-likeness (QED) is 0.898. The highest BCUT2D eigenvalue weighted by Crippen LogP contribution is 2.38. The molecule has 0 spiro atoms. The molecule has 1 atom stereocenters. The molecular formula is C16H25FN2O. The van der Waals surface area contributed by atoms with E-state index in [1.165, 1.54) is 25.3 Å². The van der Waals surface area contributed by atoms with E-state index < -0.39 is 6.10 Å². The van der Waals surface area contributed by atoms with Crippen LogP contribution in [-0.2, 0) is 0 Å². The topological polar surface area (TPSA) is 26.7 Å². The minimum Gasteiger partial charge on any atom is -0.389 e. The first-order valence-corrected chi connectivity index (χ1v) is 7.22. The van der Waals surface area contributed by atoms with Crippen LogP contribution in [0, 0.1) is 5.82 Å². The van der Waals surface area contributed by atoms with Crippen molar-refractivity contribution in [3.8, 4) is 0 Å². The maximum absolute atomic E-state index is 14.0. The Morgan fingerprint density at radius 2 is 1.95 bits per heavy atom. The number of hydrogen-bond acceptors (Lipinski definition) is 3. The molecule has 1 aromatic carbocycles. The number of halogens is 1. The van der Waals surface area contributed by atoms with Crippen LogP contribution in [0.2, 0.25) is 0 Å². The Bertz CT molecular complexity index is 470. The number of aliphatic hydroxyl groups excluding tert-OH is 1. The molecule has 0 aromatic heterocycles. The van der Waals surface area contributed by atoms with Gasteiger partial charge in [-0.3, -0.25) is 0 Å². The van der Waals surface area contributed by atoms with Crippen LogP contribution in [0.4, 0.5) is 10.1 Å². The molecule has 1 N–H and O–H groups in total. The second-order valence-electron chi connectivity index (χ2n) is 6.18. The second-order valence-corrected chi connectivity index (χ2v) is 6.18. The predicted octanol–water partition coefficient (Wildman–Crippen LogP) is 2.80. The van der Waals surface area contributed by atoms with Gasteiger partial charge in [-0.25, -0.2) is 4.39 Å². The van der Waals surface area contributed by atoms with Crippen molar-refractivity contribution in [2.45, 2.75) is 37.8 Å². The smallest absolute Gasteiger partial charge is 0.131 e. The summed E-state index contributed by atoms with van der Waals surface area (Å²) >= 11 is 0. The normalized spacial score (nSPS) is 18.8. The van der Waals surface area contributed by atoms with Gasteiger partial charge in [0.25, 0.3) is 0 Å². The van der Waals surface area contributed by atoms with Crippen LogP contribution >= 0.6 is 0 Å². The lowest BCUT2D eigenvalue weighted by Crippen LogP contribution is -2.56. The summed E-state index contributed by atoms with van der Waals surface area (Å²) in [6.45, 7) is 2.46. The highest BCUT2D eigenvalue weighted by atomic mass is 19.1. The molecule has 1 aromatic rings. The van der Waals surface area contributed by atoms with E-state index in [0.29, 0.717) is 5.56 Å². The van der Waals surface area contributed by atoms with Crippen LogP contribution in [-0.4, -0.2) is 43.2 Å². The summed E-state index contributed by atoms with van der Waals surface area (Å²) in [7, 11) is 6.19. The molecule has 1 fully saturated rings. The zero-order valence-corrected chi connectivity index (χ0v) is 12.9. The van der Waals surface area contributed by atoms with Crippen LogP contribution < -0.4 is 4.90 Å². The minimum absolute atomic E-state index is 0.178. The van der Waals surface area contributed by atoms with Crippen LogP contribution in [0.15, 0.2) is 18.2 Å². The molecule has 2 rings (SSSR count). The standard InChI is InChI=1S/C16H25FN2O/c1-12(20)15-13(17)7-5-8-14(15)19(4)11-16(18(2)3)9-6-10-16/h5,7-8,12,20H,6,9-11H2,1-4H3. The van der Waals surface area contributed by atoms with Crippen molar-refractivity contribution in [2.75, 3.05) is 32.6 Å². The number of nitrogens with zero attached hydrogens (tertiary/aromatic N) is 2. The largest absolute Gasteiger partial charge is 0.389 e. The lowest BCUT2D eigenvalue weighted by atomic mass is 9.75. The highest BCUT2D eigenvalue weighted by molar-refractivity contribution is 5.55. The van der Waals surface area contributed by atoms with E-state index >= 15 is 0 Å². The maximum atomic E-state index is 14.0. The van der Waals surface area contributed by atoms with Crippen molar-refractivity contribution in [1.82, 2.24) is 4.90 Å². The summed E-state index contributed by atoms with van der Waals surface area (Å²) in [6, 6.07) is 4.99. The van der Waals surface area contributed by atoms with Crippen LogP contribution in [0.1, 0.15) is 37.9 Å². The highest BCUT2D eigenvalue weighted by Gasteiger charge is 2.40. The third-order valence-corrected chi connectivity index (χ3v) is 4.62. The molecule has 1 saturated carbocycles. The number of anilines is 1. The maximum Gasteiger partial charge on any atom is 0.131 e. The first kappa shape index (κ1) is 15.3. The number of rotatable bonds is 5. The Balaban J connectivity index is 2.25. The Kier molecular flexibility index (Phi) is 4.35. The summed E-state index contributed by atoms with van der Waals surface area (Å²) in [5, 5.41) is 9.84. The SMILES string of the molecule is CC(O)c1c(F)cccc1N(C)CC1(N(C)C)CCC1. The summed E-state index contributed by atoms with van der Waals surface area (Å²) in [4.78, 5) is 4.35. The average Bonchev–Trinajstić information content (AvgIpc) is 2.32. The van der Waals surface area contributed by atoms with Gasteiger partial charge in [0.2, 0.25) is 0 Å². The van der Waals surface area contributed by atoms with Gasteiger partial charge in [-0.15, -0.1) is 0 Å². The number of benzene rings is 1. The zero-order chi connectivity index (χ0) is 14.9. The first-order chi connectivity index (χ1) is 9.37. The van der Waals surface area contributed by atoms with Gasteiger partial charge >= 0.3 is 0 Å². The van der Waals surface area contributed by atoms with Gasteiger partial charge in [-0.05, 0) is 52.4 Å². The summed E-state index contributed by atoms with van der Waals surface area (Å²) in [5.41, 5.74) is 1.35. The lowest BCUT2D eigenvalue weighted by Gasteiger charge is -2.49. The van der Waals surface area contributed by atoms with E-state index in [0.717, 1.165) is 12.2 Å². The molecule has 3 nitrogen and oxygen atoms in total. The van der Waals surface area contributed by atoms with Gasteiger partial charge in [-0.2, -0.15) is 0 Å². The molecule has 1 aliphatic carbocycles. The molecule has 0 heterocycles. The average molecular weight is 280 g/mol. The molecule has 112 valence electrons. The van der Waals surface area contributed by atoms with Gasteiger partial charge in [0.15, 0.2) is 0 Å². The van der Waals surface area contributed by atoms with Crippen LogP contribution in [0.25, 0.3) is 0 Å². The third kappa shape index (κ3) is 2.67. The fourth-order valence-electron chi connectivity index (χ4n) is 3.13. The van der Waals surface area contributed by atoms with Crippen molar-refractivity contribution in [2.24, 2.45) is 0 Å². The van der Waals surface area contributed by atoms with Crippen molar-refractivity contribution >= 4 is 5.69 Å². The number of likely N-dealkylation sites (N-methyl/N-ethyl adjacent to an activating group) is 2. The molecule has 20 heavy (non-hydrogen) atoms.